The fraction of sp³-hybridized carbons (Fsp3) is 0.192. The molecule has 1 unspecified atom stereocenters. The first-order valence-electron chi connectivity index (χ1n) is 10.2. The second-order valence-corrected chi connectivity index (χ2v) is 10.1. The molecule has 0 bridgehead atoms. The van der Waals surface area contributed by atoms with E-state index >= 15 is 0 Å². The van der Waals surface area contributed by atoms with Crippen LogP contribution in [0.5, 0.6) is 5.75 Å². The smallest absolute Gasteiger partial charge is 0.189 e. The Bertz CT molecular complexity index is 1200. The number of fused-ring (bicyclic) bond motifs is 1. The van der Waals surface area contributed by atoms with Gasteiger partial charge in [-0.2, -0.15) is 0 Å². The summed E-state index contributed by atoms with van der Waals surface area (Å²) in [6, 6.07) is 23.5. The fourth-order valence-corrected chi connectivity index (χ4v) is 6.42. The van der Waals surface area contributed by atoms with Gasteiger partial charge in [-0.1, -0.05) is 67.2 Å². The molecule has 5 heteroatoms. The molecule has 0 amide bonds. The molecule has 1 aliphatic heterocycles. The molecule has 0 saturated heterocycles. The average molecular weight is 433 g/mol. The van der Waals surface area contributed by atoms with Crippen molar-refractivity contribution in [2.75, 3.05) is 6.61 Å². The summed E-state index contributed by atoms with van der Waals surface area (Å²) in [6.45, 7) is 4.37. The van der Waals surface area contributed by atoms with Crippen molar-refractivity contribution in [3.63, 3.8) is 0 Å². The summed E-state index contributed by atoms with van der Waals surface area (Å²) in [5, 5.41) is 0. The number of hydrogen-bond donors (Lipinski definition) is 0. The van der Waals surface area contributed by atoms with Crippen LogP contribution in [0.3, 0.4) is 0 Å². The Labute approximate surface area is 183 Å². The third-order valence-electron chi connectivity index (χ3n) is 5.72. The molecule has 0 aliphatic carbocycles. The summed E-state index contributed by atoms with van der Waals surface area (Å²) in [7, 11) is -3.85. The van der Waals surface area contributed by atoms with Gasteiger partial charge in [0.15, 0.2) is 9.84 Å². The van der Waals surface area contributed by atoms with Gasteiger partial charge >= 0.3 is 0 Å². The van der Waals surface area contributed by atoms with E-state index < -0.39 is 14.6 Å². The molecule has 1 aliphatic rings. The molecular weight excluding hydrogens is 408 g/mol. The molecule has 3 aromatic rings. The third kappa shape index (κ3) is 3.93. The SMILES string of the molecule is C=C1COc2ccc(CC=O)cc2C(Cc2ccccc2)(S(=O)(=O)c2ccccc2)C1. The molecule has 158 valence electrons. The van der Waals surface area contributed by atoms with E-state index in [0.717, 1.165) is 17.4 Å². The van der Waals surface area contributed by atoms with Crippen LogP contribution in [0.2, 0.25) is 0 Å². The highest BCUT2D eigenvalue weighted by atomic mass is 32.2. The maximum Gasteiger partial charge on any atom is 0.189 e. The Morgan fingerprint density at radius 2 is 1.61 bits per heavy atom. The summed E-state index contributed by atoms with van der Waals surface area (Å²) in [5.74, 6) is 0.517. The van der Waals surface area contributed by atoms with E-state index in [2.05, 4.69) is 6.58 Å². The van der Waals surface area contributed by atoms with Crippen LogP contribution in [0.1, 0.15) is 23.1 Å². The van der Waals surface area contributed by atoms with E-state index in [9.17, 15) is 13.2 Å². The number of aldehydes is 1. The van der Waals surface area contributed by atoms with Crippen LogP contribution in [0, 0.1) is 0 Å². The van der Waals surface area contributed by atoms with Gasteiger partial charge in [0.05, 0.1) is 4.90 Å². The maximum absolute atomic E-state index is 14.3. The third-order valence-corrected chi connectivity index (χ3v) is 8.15. The highest BCUT2D eigenvalue weighted by Crippen LogP contribution is 2.48. The van der Waals surface area contributed by atoms with Gasteiger partial charge in [-0.3, -0.25) is 0 Å². The van der Waals surface area contributed by atoms with E-state index in [-0.39, 0.29) is 30.8 Å². The minimum Gasteiger partial charge on any atom is -0.489 e. The molecule has 4 nitrogen and oxygen atoms in total. The lowest BCUT2D eigenvalue weighted by Crippen LogP contribution is -2.38. The standard InChI is InChI=1S/C26H24O4S/c1-20-17-26(18-22-8-4-2-5-9-22,31(28,29)23-10-6-3-7-11-23)24-16-21(14-15-27)12-13-25(24)30-19-20/h2-13,15-16H,1,14,17-19H2. The first kappa shape index (κ1) is 21.1. The van der Waals surface area contributed by atoms with E-state index in [1.54, 1.807) is 36.4 Å². The molecule has 0 fully saturated rings. The van der Waals surface area contributed by atoms with Crippen molar-refractivity contribution < 1.29 is 17.9 Å². The zero-order valence-electron chi connectivity index (χ0n) is 17.2. The number of carbonyl (C=O) groups excluding carboxylic acids is 1. The molecule has 0 aromatic heterocycles. The second kappa shape index (κ2) is 8.52. The average Bonchev–Trinajstić information content (AvgIpc) is 2.92. The monoisotopic (exact) mass is 432 g/mol. The maximum atomic E-state index is 14.3. The molecule has 0 N–H and O–H groups in total. The molecule has 31 heavy (non-hydrogen) atoms. The van der Waals surface area contributed by atoms with Crippen molar-refractivity contribution in [2.24, 2.45) is 0 Å². The Hall–Kier alpha value is -3.18. The normalized spacial score (nSPS) is 18.5. The van der Waals surface area contributed by atoms with Gasteiger partial charge in [-0.15, -0.1) is 0 Å². The Morgan fingerprint density at radius 3 is 2.29 bits per heavy atom. The van der Waals surface area contributed by atoms with Crippen molar-refractivity contribution >= 4 is 16.1 Å². The second-order valence-electron chi connectivity index (χ2n) is 7.89. The van der Waals surface area contributed by atoms with E-state index in [1.807, 2.05) is 42.5 Å². The molecule has 1 atom stereocenters. The van der Waals surface area contributed by atoms with Crippen LogP contribution in [-0.4, -0.2) is 21.3 Å². The zero-order chi connectivity index (χ0) is 21.9. The van der Waals surface area contributed by atoms with Crippen molar-refractivity contribution in [2.45, 2.75) is 28.9 Å². The van der Waals surface area contributed by atoms with Crippen LogP contribution < -0.4 is 4.74 Å². The Balaban J connectivity index is 2.03. The summed E-state index contributed by atoms with van der Waals surface area (Å²) < 4.78 is 33.2. The highest BCUT2D eigenvalue weighted by molar-refractivity contribution is 7.92. The Morgan fingerprint density at radius 1 is 0.935 bits per heavy atom. The lowest BCUT2D eigenvalue weighted by atomic mass is 9.85. The number of rotatable bonds is 6. The van der Waals surface area contributed by atoms with Crippen LogP contribution in [-0.2, 0) is 32.2 Å². The number of carbonyl (C=O) groups is 1. The number of sulfone groups is 1. The molecule has 0 saturated carbocycles. The molecular formula is C26H24O4S. The van der Waals surface area contributed by atoms with Crippen molar-refractivity contribution in [3.8, 4) is 5.75 Å². The van der Waals surface area contributed by atoms with Crippen LogP contribution in [0.4, 0.5) is 0 Å². The minimum atomic E-state index is -3.85. The summed E-state index contributed by atoms with van der Waals surface area (Å²) in [6.07, 6.45) is 1.53. The van der Waals surface area contributed by atoms with Gasteiger partial charge in [0.2, 0.25) is 0 Å². The van der Waals surface area contributed by atoms with Crippen LogP contribution in [0.25, 0.3) is 0 Å². The van der Waals surface area contributed by atoms with Gasteiger partial charge in [-0.05, 0) is 47.7 Å². The van der Waals surface area contributed by atoms with Crippen molar-refractivity contribution in [1.29, 1.82) is 0 Å². The molecule has 3 aromatic carbocycles. The molecule has 0 radical (unpaired) electrons. The highest BCUT2D eigenvalue weighted by Gasteiger charge is 2.49. The Kier molecular flexibility index (Phi) is 5.79. The lowest BCUT2D eigenvalue weighted by molar-refractivity contribution is -0.107. The van der Waals surface area contributed by atoms with Gasteiger partial charge in [-0.25, -0.2) is 8.42 Å². The predicted molar refractivity (Wildman–Crippen MR) is 121 cm³/mol. The van der Waals surface area contributed by atoms with Crippen LogP contribution >= 0.6 is 0 Å². The van der Waals surface area contributed by atoms with Gasteiger partial charge in [0.25, 0.3) is 0 Å². The fourth-order valence-electron chi connectivity index (χ4n) is 4.26. The predicted octanol–water partition coefficient (Wildman–Crippen LogP) is 4.68. The molecule has 0 spiro atoms. The van der Waals surface area contributed by atoms with E-state index in [0.29, 0.717) is 16.9 Å². The first-order valence-corrected chi connectivity index (χ1v) is 11.6. The first-order chi connectivity index (χ1) is 15.0. The molecule has 4 rings (SSSR count). The summed E-state index contributed by atoms with van der Waals surface area (Å²) >= 11 is 0. The van der Waals surface area contributed by atoms with Crippen molar-refractivity contribution in [1.82, 2.24) is 0 Å². The quantitative estimate of drug-likeness (QED) is 0.419. The van der Waals surface area contributed by atoms with Gasteiger partial charge in [0.1, 0.15) is 23.4 Å². The van der Waals surface area contributed by atoms with Gasteiger partial charge < -0.3 is 9.53 Å². The number of ether oxygens (including phenoxy) is 1. The van der Waals surface area contributed by atoms with E-state index in [4.69, 9.17) is 4.74 Å². The summed E-state index contributed by atoms with van der Waals surface area (Å²) in [5.41, 5.74) is 2.95. The van der Waals surface area contributed by atoms with Crippen molar-refractivity contribution in [3.05, 3.63) is 108 Å². The van der Waals surface area contributed by atoms with Crippen LogP contribution in [0.15, 0.2) is 95.9 Å². The lowest BCUT2D eigenvalue weighted by Gasteiger charge is -2.34. The number of hydrogen-bond acceptors (Lipinski definition) is 4. The van der Waals surface area contributed by atoms with Gasteiger partial charge in [0, 0.05) is 12.0 Å². The summed E-state index contributed by atoms with van der Waals surface area (Å²) in [4.78, 5) is 11.4. The largest absolute Gasteiger partial charge is 0.489 e. The molecule has 1 heterocycles. The van der Waals surface area contributed by atoms with E-state index in [1.165, 1.54) is 0 Å². The zero-order valence-corrected chi connectivity index (χ0v) is 18.0. The topological polar surface area (TPSA) is 60.4 Å². The minimum absolute atomic E-state index is 0.209. The number of benzene rings is 3.